The van der Waals surface area contributed by atoms with Crippen LogP contribution in [0.25, 0.3) is 0 Å². The topological polar surface area (TPSA) is 78.4 Å². The Bertz CT molecular complexity index is 494. The molecule has 0 radical (unpaired) electrons. The van der Waals surface area contributed by atoms with Gasteiger partial charge in [0.15, 0.2) is 5.54 Å². The first kappa shape index (κ1) is 17.0. The lowest BCUT2D eigenvalue weighted by Crippen LogP contribution is -2.53. The molecule has 21 heavy (non-hydrogen) atoms. The molecule has 0 aliphatic heterocycles. The molecule has 0 heterocycles. The highest BCUT2D eigenvalue weighted by atomic mass is 16.4. The van der Waals surface area contributed by atoms with Crippen molar-refractivity contribution in [2.45, 2.75) is 39.7 Å². The summed E-state index contributed by atoms with van der Waals surface area (Å²) in [5.74, 6) is -1.10. The van der Waals surface area contributed by atoms with Crippen LogP contribution in [0, 0.1) is 5.41 Å². The molecule has 1 unspecified atom stereocenters. The minimum atomic E-state index is -1.45. The summed E-state index contributed by atoms with van der Waals surface area (Å²) < 4.78 is 0. The Morgan fingerprint density at radius 2 is 1.67 bits per heavy atom. The second-order valence-electron chi connectivity index (χ2n) is 6.49. The predicted octanol–water partition coefficient (Wildman–Crippen LogP) is 2.72. The van der Waals surface area contributed by atoms with Gasteiger partial charge in [-0.25, -0.2) is 9.59 Å². The van der Waals surface area contributed by atoms with E-state index in [9.17, 15) is 14.7 Å². The highest BCUT2D eigenvalue weighted by Crippen LogP contribution is 2.21. The van der Waals surface area contributed by atoms with Crippen molar-refractivity contribution in [3.63, 3.8) is 0 Å². The molecular weight excluding hydrogens is 268 g/mol. The Morgan fingerprint density at radius 3 is 2.14 bits per heavy atom. The highest BCUT2D eigenvalue weighted by Gasteiger charge is 2.36. The van der Waals surface area contributed by atoms with Gasteiger partial charge >= 0.3 is 12.0 Å². The lowest BCUT2D eigenvalue weighted by atomic mass is 9.92. The van der Waals surface area contributed by atoms with Crippen LogP contribution in [0.1, 0.15) is 39.7 Å². The highest BCUT2D eigenvalue weighted by molar-refractivity contribution is 5.87. The summed E-state index contributed by atoms with van der Waals surface area (Å²) in [6, 6.07) is 8.18. The van der Waals surface area contributed by atoms with E-state index in [0.29, 0.717) is 12.1 Å². The van der Waals surface area contributed by atoms with Crippen molar-refractivity contribution in [1.82, 2.24) is 10.6 Å². The number of amides is 2. The van der Waals surface area contributed by atoms with E-state index < -0.39 is 17.5 Å². The van der Waals surface area contributed by atoms with Gasteiger partial charge in [0, 0.05) is 6.54 Å². The van der Waals surface area contributed by atoms with E-state index in [1.807, 2.05) is 0 Å². The van der Waals surface area contributed by atoms with E-state index in [1.54, 1.807) is 30.3 Å². The normalized spacial score (nSPS) is 14.1. The monoisotopic (exact) mass is 292 g/mol. The Morgan fingerprint density at radius 1 is 1.10 bits per heavy atom. The predicted molar refractivity (Wildman–Crippen MR) is 82.0 cm³/mol. The molecule has 0 saturated heterocycles. The summed E-state index contributed by atoms with van der Waals surface area (Å²) in [5.41, 5.74) is -0.806. The zero-order valence-electron chi connectivity index (χ0n) is 13.1. The molecule has 5 heteroatoms. The molecule has 5 nitrogen and oxygen atoms in total. The van der Waals surface area contributed by atoms with Gasteiger partial charge in [-0.05, 0) is 24.3 Å². The van der Waals surface area contributed by atoms with Crippen LogP contribution < -0.4 is 10.6 Å². The van der Waals surface area contributed by atoms with Gasteiger partial charge in [-0.15, -0.1) is 0 Å². The average Bonchev–Trinajstić information content (AvgIpc) is 2.37. The average molecular weight is 292 g/mol. The van der Waals surface area contributed by atoms with Gasteiger partial charge in [0.2, 0.25) is 0 Å². The zero-order valence-corrected chi connectivity index (χ0v) is 13.1. The summed E-state index contributed by atoms with van der Waals surface area (Å²) in [7, 11) is 0. The molecule has 0 aliphatic carbocycles. The standard InChI is InChI=1S/C16H24N2O3/c1-15(2,3)10-11-17-14(21)18-16(4,13(19)20)12-8-6-5-7-9-12/h5-9H,10-11H2,1-4H3,(H,19,20)(H2,17,18,21). The molecule has 1 rings (SSSR count). The van der Waals surface area contributed by atoms with Crippen LogP contribution in [0.4, 0.5) is 4.79 Å². The maximum absolute atomic E-state index is 11.9. The van der Waals surface area contributed by atoms with Gasteiger partial charge < -0.3 is 15.7 Å². The number of hydrogen-bond acceptors (Lipinski definition) is 2. The molecular formula is C16H24N2O3. The van der Waals surface area contributed by atoms with Crippen molar-refractivity contribution in [3.8, 4) is 0 Å². The van der Waals surface area contributed by atoms with Gasteiger partial charge in [0.1, 0.15) is 0 Å². The Hall–Kier alpha value is -2.04. The van der Waals surface area contributed by atoms with E-state index >= 15 is 0 Å². The molecule has 0 saturated carbocycles. The fraction of sp³-hybridized carbons (Fsp3) is 0.500. The Labute approximate surface area is 125 Å². The van der Waals surface area contributed by atoms with Crippen LogP contribution in [0.5, 0.6) is 0 Å². The van der Waals surface area contributed by atoms with Gasteiger partial charge in [-0.3, -0.25) is 0 Å². The molecule has 0 bridgehead atoms. The van der Waals surface area contributed by atoms with Crippen molar-refractivity contribution in [2.75, 3.05) is 6.54 Å². The number of carbonyl (C=O) groups is 2. The first-order valence-electron chi connectivity index (χ1n) is 7.00. The summed E-state index contributed by atoms with van der Waals surface area (Å²) in [6.45, 7) is 8.22. The number of carboxylic acids is 1. The van der Waals surface area contributed by atoms with Crippen LogP contribution >= 0.6 is 0 Å². The largest absolute Gasteiger partial charge is 0.479 e. The molecule has 0 aliphatic rings. The third kappa shape index (κ3) is 5.10. The fourth-order valence-corrected chi connectivity index (χ4v) is 1.84. The van der Waals surface area contributed by atoms with Crippen molar-refractivity contribution < 1.29 is 14.7 Å². The van der Waals surface area contributed by atoms with E-state index in [1.165, 1.54) is 6.92 Å². The maximum Gasteiger partial charge on any atom is 0.333 e. The molecule has 1 aromatic rings. The number of benzene rings is 1. The molecule has 116 valence electrons. The molecule has 3 N–H and O–H groups in total. The molecule has 1 aromatic carbocycles. The Kier molecular flexibility index (Phi) is 5.35. The van der Waals surface area contributed by atoms with Gasteiger partial charge in [-0.1, -0.05) is 51.1 Å². The zero-order chi connectivity index (χ0) is 16.1. The van der Waals surface area contributed by atoms with Crippen molar-refractivity contribution in [1.29, 1.82) is 0 Å². The van der Waals surface area contributed by atoms with Crippen LogP contribution in [-0.4, -0.2) is 23.7 Å². The smallest absolute Gasteiger partial charge is 0.333 e. The first-order valence-corrected chi connectivity index (χ1v) is 7.00. The number of hydrogen-bond donors (Lipinski definition) is 3. The molecule has 0 aromatic heterocycles. The number of aliphatic carboxylic acids is 1. The first-order chi connectivity index (χ1) is 9.65. The van der Waals surface area contributed by atoms with Crippen LogP contribution in [-0.2, 0) is 10.3 Å². The van der Waals surface area contributed by atoms with Gasteiger partial charge in [0.05, 0.1) is 0 Å². The lowest BCUT2D eigenvalue weighted by Gasteiger charge is -2.27. The molecule has 0 fully saturated rings. The summed E-state index contributed by atoms with van der Waals surface area (Å²) in [4.78, 5) is 23.5. The minimum Gasteiger partial charge on any atom is -0.479 e. The van der Waals surface area contributed by atoms with E-state index in [4.69, 9.17) is 0 Å². The number of nitrogens with one attached hydrogen (secondary N) is 2. The quantitative estimate of drug-likeness (QED) is 0.780. The summed E-state index contributed by atoms with van der Waals surface area (Å²) in [6.07, 6.45) is 0.815. The SMILES string of the molecule is CC(C)(C)CCNC(=O)NC(C)(C(=O)O)c1ccccc1. The number of carbonyl (C=O) groups excluding carboxylic acids is 1. The van der Waals surface area contributed by atoms with Crippen LogP contribution in [0.2, 0.25) is 0 Å². The molecule has 2 amide bonds. The van der Waals surface area contributed by atoms with E-state index in [-0.39, 0.29) is 5.41 Å². The summed E-state index contributed by atoms with van der Waals surface area (Å²) >= 11 is 0. The maximum atomic E-state index is 11.9. The third-order valence-electron chi connectivity index (χ3n) is 3.30. The van der Waals surface area contributed by atoms with Crippen molar-refractivity contribution in [3.05, 3.63) is 35.9 Å². The van der Waals surface area contributed by atoms with Crippen LogP contribution in [0.3, 0.4) is 0 Å². The second kappa shape index (κ2) is 6.61. The Balaban J connectivity index is 2.72. The lowest BCUT2D eigenvalue weighted by molar-refractivity contribution is -0.144. The van der Waals surface area contributed by atoms with Crippen LogP contribution in [0.15, 0.2) is 30.3 Å². The third-order valence-corrected chi connectivity index (χ3v) is 3.30. The summed E-state index contributed by atoms with van der Waals surface area (Å²) in [5, 5.41) is 14.7. The number of urea groups is 1. The van der Waals surface area contributed by atoms with Gasteiger partial charge in [-0.2, -0.15) is 0 Å². The van der Waals surface area contributed by atoms with Crippen molar-refractivity contribution >= 4 is 12.0 Å². The van der Waals surface area contributed by atoms with E-state index in [2.05, 4.69) is 31.4 Å². The second-order valence-corrected chi connectivity index (χ2v) is 6.49. The fourth-order valence-electron chi connectivity index (χ4n) is 1.84. The van der Waals surface area contributed by atoms with Crippen molar-refractivity contribution in [2.24, 2.45) is 5.41 Å². The number of carboxylic acid groups (broad SMARTS) is 1. The minimum absolute atomic E-state index is 0.114. The number of rotatable bonds is 5. The van der Waals surface area contributed by atoms with Gasteiger partial charge in [0.25, 0.3) is 0 Å². The van der Waals surface area contributed by atoms with E-state index in [0.717, 1.165) is 6.42 Å². The molecule has 0 spiro atoms. The molecule has 1 atom stereocenters.